The molecule has 0 radical (unpaired) electrons. The fourth-order valence-corrected chi connectivity index (χ4v) is 2.32. The lowest BCUT2D eigenvalue weighted by molar-refractivity contribution is 0.571. The first-order valence-corrected chi connectivity index (χ1v) is 6.91. The largest absolute Gasteiger partial charge is 0.369 e. The molecule has 1 aromatic rings. The molecule has 0 amide bonds. The molecule has 1 rings (SSSR count). The van der Waals surface area contributed by atoms with E-state index < -0.39 is 0 Å². The van der Waals surface area contributed by atoms with Gasteiger partial charge in [0.25, 0.3) is 0 Å². The SMILES string of the molecule is Cc1cc(N(CC(C)C)C(C)C)ccc1CCl. The van der Waals surface area contributed by atoms with Gasteiger partial charge < -0.3 is 4.90 Å². The molecule has 0 bridgehead atoms. The van der Waals surface area contributed by atoms with Crippen molar-refractivity contribution >= 4 is 17.3 Å². The maximum atomic E-state index is 5.90. The third kappa shape index (κ3) is 3.92. The average Bonchev–Trinajstić information content (AvgIpc) is 2.25. The minimum atomic E-state index is 0.527. The molecule has 0 spiro atoms. The molecule has 0 saturated heterocycles. The lowest BCUT2D eigenvalue weighted by atomic mass is 10.1. The molecule has 0 fully saturated rings. The first kappa shape index (κ1) is 14.4. The van der Waals surface area contributed by atoms with Crippen LogP contribution in [-0.4, -0.2) is 12.6 Å². The first-order valence-electron chi connectivity index (χ1n) is 6.37. The third-order valence-electron chi connectivity index (χ3n) is 2.99. The van der Waals surface area contributed by atoms with Crippen molar-refractivity contribution in [3.8, 4) is 0 Å². The van der Waals surface area contributed by atoms with Crippen LogP contribution in [0.5, 0.6) is 0 Å². The molecular formula is C15H24ClN. The van der Waals surface area contributed by atoms with E-state index in [4.69, 9.17) is 11.6 Å². The molecule has 0 saturated carbocycles. The van der Waals surface area contributed by atoms with Crippen molar-refractivity contribution in [3.63, 3.8) is 0 Å². The van der Waals surface area contributed by atoms with E-state index in [1.54, 1.807) is 0 Å². The number of aryl methyl sites for hydroxylation is 1. The highest BCUT2D eigenvalue weighted by atomic mass is 35.5. The standard InChI is InChI=1S/C15H24ClN/c1-11(2)10-17(12(3)4)15-7-6-14(9-16)13(5)8-15/h6-8,11-12H,9-10H2,1-5H3. The van der Waals surface area contributed by atoms with E-state index in [1.165, 1.54) is 16.8 Å². The Hall–Kier alpha value is -0.690. The van der Waals surface area contributed by atoms with Crippen LogP contribution in [0.15, 0.2) is 18.2 Å². The van der Waals surface area contributed by atoms with Gasteiger partial charge in [-0.15, -0.1) is 11.6 Å². The number of alkyl halides is 1. The second-order valence-electron chi connectivity index (χ2n) is 5.38. The van der Waals surface area contributed by atoms with Crippen LogP contribution in [0.1, 0.15) is 38.8 Å². The predicted octanol–water partition coefficient (Wildman–Crippen LogP) is 4.60. The summed E-state index contributed by atoms with van der Waals surface area (Å²) in [7, 11) is 0. The van der Waals surface area contributed by atoms with E-state index in [0.717, 1.165) is 6.54 Å². The van der Waals surface area contributed by atoms with Gasteiger partial charge in [-0.3, -0.25) is 0 Å². The third-order valence-corrected chi connectivity index (χ3v) is 3.27. The van der Waals surface area contributed by atoms with Crippen molar-refractivity contribution in [1.29, 1.82) is 0 Å². The number of hydrogen-bond donors (Lipinski definition) is 0. The summed E-state index contributed by atoms with van der Waals surface area (Å²) in [6.07, 6.45) is 0. The van der Waals surface area contributed by atoms with Gasteiger partial charge in [0.2, 0.25) is 0 Å². The van der Waals surface area contributed by atoms with Crippen molar-refractivity contribution in [2.45, 2.75) is 46.5 Å². The smallest absolute Gasteiger partial charge is 0.0476 e. The summed E-state index contributed by atoms with van der Waals surface area (Å²) >= 11 is 5.90. The molecule has 0 atom stereocenters. The van der Waals surface area contributed by atoms with E-state index in [2.05, 4.69) is 57.7 Å². The highest BCUT2D eigenvalue weighted by Crippen LogP contribution is 2.23. The van der Waals surface area contributed by atoms with Crippen molar-refractivity contribution in [2.24, 2.45) is 5.92 Å². The van der Waals surface area contributed by atoms with Gasteiger partial charge in [-0.1, -0.05) is 19.9 Å². The van der Waals surface area contributed by atoms with Crippen LogP contribution in [0.2, 0.25) is 0 Å². The number of nitrogens with zero attached hydrogens (tertiary/aromatic N) is 1. The predicted molar refractivity (Wildman–Crippen MR) is 78.1 cm³/mol. The van der Waals surface area contributed by atoms with Crippen LogP contribution in [-0.2, 0) is 5.88 Å². The molecule has 0 unspecified atom stereocenters. The minimum absolute atomic E-state index is 0.527. The summed E-state index contributed by atoms with van der Waals surface area (Å²) in [5.74, 6) is 1.27. The highest BCUT2D eigenvalue weighted by molar-refractivity contribution is 6.17. The Morgan fingerprint density at radius 1 is 1.18 bits per heavy atom. The maximum absolute atomic E-state index is 5.90. The number of anilines is 1. The molecule has 0 aliphatic heterocycles. The summed E-state index contributed by atoms with van der Waals surface area (Å²) in [4.78, 5) is 2.45. The zero-order chi connectivity index (χ0) is 13.0. The highest BCUT2D eigenvalue weighted by Gasteiger charge is 2.12. The topological polar surface area (TPSA) is 3.24 Å². The van der Waals surface area contributed by atoms with Crippen molar-refractivity contribution in [2.75, 3.05) is 11.4 Å². The normalized spacial score (nSPS) is 11.3. The first-order chi connectivity index (χ1) is 7.95. The fraction of sp³-hybridized carbons (Fsp3) is 0.600. The number of hydrogen-bond acceptors (Lipinski definition) is 1. The monoisotopic (exact) mass is 253 g/mol. The molecule has 1 nitrogen and oxygen atoms in total. The zero-order valence-electron chi connectivity index (χ0n) is 11.6. The van der Waals surface area contributed by atoms with Crippen LogP contribution in [0, 0.1) is 12.8 Å². The Kier molecular flexibility index (Phi) is 5.32. The molecule has 2 heteroatoms. The van der Waals surface area contributed by atoms with E-state index in [9.17, 15) is 0 Å². The average molecular weight is 254 g/mol. The summed E-state index contributed by atoms with van der Waals surface area (Å²) in [5, 5.41) is 0. The second kappa shape index (κ2) is 6.30. The van der Waals surface area contributed by atoms with Crippen LogP contribution in [0.3, 0.4) is 0 Å². The van der Waals surface area contributed by atoms with E-state index in [1.807, 2.05) is 0 Å². The molecule has 0 heterocycles. The quantitative estimate of drug-likeness (QED) is 0.693. The van der Waals surface area contributed by atoms with Gasteiger partial charge in [0, 0.05) is 24.2 Å². The fourth-order valence-electron chi connectivity index (χ4n) is 2.02. The van der Waals surface area contributed by atoms with Gasteiger partial charge in [0.1, 0.15) is 0 Å². The van der Waals surface area contributed by atoms with Gasteiger partial charge in [-0.05, 0) is 49.9 Å². The Balaban J connectivity index is 2.98. The number of halogens is 1. The Morgan fingerprint density at radius 3 is 2.24 bits per heavy atom. The van der Waals surface area contributed by atoms with E-state index in [0.29, 0.717) is 17.8 Å². The molecule has 96 valence electrons. The molecular weight excluding hydrogens is 230 g/mol. The number of benzene rings is 1. The van der Waals surface area contributed by atoms with Crippen LogP contribution < -0.4 is 4.90 Å². The molecule has 0 N–H and O–H groups in total. The van der Waals surface area contributed by atoms with Crippen molar-refractivity contribution in [3.05, 3.63) is 29.3 Å². The summed E-state index contributed by atoms with van der Waals surface area (Å²) < 4.78 is 0. The van der Waals surface area contributed by atoms with Gasteiger partial charge in [0.15, 0.2) is 0 Å². The van der Waals surface area contributed by atoms with E-state index >= 15 is 0 Å². The molecule has 0 aromatic heterocycles. The lowest BCUT2D eigenvalue weighted by Gasteiger charge is -2.31. The summed E-state index contributed by atoms with van der Waals surface area (Å²) in [6.45, 7) is 12.2. The summed E-state index contributed by atoms with van der Waals surface area (Å²) in [5.41, 5.74) is 3.82. The molecule has 1 aromatic carbocycles. The Labute approximate surface area is 111 Å². The van der Waals surface area contributed by atoms with Gasteiger partial charge in [-0.25, -0.2) is 0 Å². The maximum Gasteiger partial charge on any atom is 0.0476 e. The lowest BCUT2D eigenvalue weighted by Crippen LogP contribution is -2.34. The van der Waals surface area contributed by atoms with Crippen LogP contribution in [0.25, 0.3) is 0 Å². The number of rotatable bonds is 5. The van der Waals surface area contributed by atoms with Crippen LogP contribution >= 0.6 is 11.6 Å². The van der Waals surface area contributed by atoms with Gasteiger partial charge in [-0.2, -0.15) is 0 Å². The van der Waals surface area contributed by atoms with Gasteiger partial charge >= 0.3 is 0 Å². The Bertz CT molecular complexity index is 358. The summed E-state index contributed by atoms with van der Waals surface area (Å²) in [6, 6.07) is 7.11. The molecule has 0 aliphatic carbocycles. The molecule has 0 aliphatic rings. The minimum Gasteiger partial charge on any atom is -0.369 e. The van der Waals surface area contributed by atoms with E-state index in [-0.39, 0.29) is 0 Å². The Morgan fingerprint density at radius 2 is 1.82 bits per heavy atom. The van der Waals surface area contributed by atoms with Crippen molar-refractivity contribution < 1.29 is 0 Å². The van der Waals surface area contributed by atoms with Crippen LogP contribution in [0.4, 0.5) is 5.69 Å². The molecule has 17 heavy (non-hydrogen) atoms. The van der Waals surface area contributed by atoms with Crippen molar-refractivity contribution in [1.82, 2.24) is 0 Å². The zero-order valence-corrected chi connectivity index (χ0v) is 12.4. The second-order valence-corrected chi connectivity index (χ2v) is 5.65. The van der Waals surface area contributed by atoms with Gasteiger partial charge in [0.05, 0.1) is 0 Å².